The summed E-state index contributed by atoms with van der Waals surface area (Å²) in [5.74, 6) is 0.714. The van der Waals surface area contributed by atoms with Crippen molar-refractivity contribution in [1.29, 1.82) is 0 Å². The molecule has 0 saturated carbocycles. The summed E-state index contributed by atoms with van der Waals surface area (Å²) in [5, 5.41) is 0.624. The molecule has 0 aliphatic rings. The Labute approximate surface area is 124 Å². The molecule has 0 spiro atoms. The Morgan fingerprint density at radius 2 is 1.80 bits per heavy atom. The fourth-order valence-corrected chi connectivity index (χ4v) is 2.34. The molecule has 0 aromatic heterocycles. The monoisotopic (exact) mass is 287 g/mol. The Balaban J connectivity index is 2.38. The SMILES string of the molecule is C/C=C(/c1ccc(N)cc1)c1ccc(OCC)c(Cl)c1. The van der Waals surface area contributed by atoms with Gasteiger partial charge in [0.05, 0.1) is 11.6 Å². The largest absolute Gasteiger partial charge is 0.492 e. The fourth-order valence-electron chi connectivity index (χ4n) is 2.10. The maximum absolute atomic E-state index is 6.25. The lowest BCUT2D eigenvalue weighted by atomic mass is 9.97. The van der Waals surface area contributed by atoms with Gasteiger partial charge in [0.25, 0.3) is 0 Å². The van der Waals surface area contributed by atoms with Crippen molar-refractivity contribution in [3.63, 3.8) is 0 Å². The van der Waals surface area contributed by atoms with Crippen LogP contribution in [0.5, 0.6) is 5.75 Å². The highest BCUT2D eigenvalue weighted by Crippen LogP contribution is 2.31. The first-order valence-electron chi connectivity index (χ1n) is 6.60. The van der Waals surface area contributed by atoms with Gasteiger partial charge < -0.3 is 10.5 Å². The summed E-state index contributed by atoms with van der Waals surface area (Å²) in [5.41, 5.74) is 9.78. The van der Waals surface area contributed by atoms with Gasteiger partial charge in [-0.3, -0.25) is 0 Å². The van der Waals surface area contributed by atoms with E-state index in [1.54, 1.807) is 0 Å². The Kier molecular flexibility index (Phi) is 4.70. The summed E-state index contributed by atoms with van der Waals surface area (Å²) < 4.78 is 5.46. The van der Waals surface area contributed by atoms with E-state index >= 15 is 0 Å². The highest BCUT2D eigenvalue weighted by atomic mass is 35.5. The molecular formula is C17H18ClNO. The summed E-state index contributed by atoms with van der Waals surface area (Å²) in [4.78, 5) is 0. The Hall–Kier alpha value is -1.93. The van der Waals surface area contributed by atoms with Crippen LogP contribution in [0.2, 0.25) is 5.02 Å². The first kappa shape index (κ1) is 14.5. The van der Waals surface area contributed by atoms with E-state index in [1.807, 2.05) is 56.3 Å². The topological polar surface area (TPSA) is 35.2 Å². The van der Waals surface area contributed by atoms with Gasteiger partial charge in [0.1, 0.15) is 5.75 Å². The van der Waals surface area contributed by atoms with Gasteiger partial charge in [-0.2, -0.15) is 0 Å². The fraction of sp³-hybridized carbons (Fsp3) is 0.176. The van der Waals surface area contributed by atoms with Crippen LogP contribution < -0.4 is 10.5 Å². The number of nitrogens with two attached hydrogens (primary N) is 1. The van der Waals surface area contributed by atoms with Gasteiger partial charge >= 0.3 is 0 Å². The maximum Gasteiger partial charge on any atom is 0.137 e. The third-order valence-electron chi connectivity index (χ3n) is 3.05. The third kappa shape index (κ3) is 3.14. The minimum Gasteiger partial charge on any atom is -0.492 e. The quantitative estimate of drug-likeness (QED) is 0.822. The Morgan fingerprint density at radius 3 is 2.35 bits per heavy atom. The molecule has 0 saturated heterocycles. The number of halogens is 1. The maximum atomic E-state index is 6.25. The highest BCUT2D eigenvalue weighted by Gasteiger charge is 2.08. The van der Waals surface area contributed by atoms with Crippen LogP contribution in [0.3, 0.4) is 0 Å². The first-order valence-corrected chi connectivity index (χ1v) is 6.98. The summed E-state index contributed by atoms with van der Waals surface area (Å²) >= 11 is 6.25. The predicted octanol–water partition coefficient (Wildman–Crippen LogP) is 4.77. The smallest absolute Gasteiger partial charge is 0.137 e. The second-order valence-electron chi connectivity index (χ2n) is 4.40. The number of allylic oxidation sites excluding steroid dienone is 1. The lowest BCUT2D eigenvalue weighted by molar-refractivity contribution is 0.340. The normalized spacial score (nSPS) is 11.4. The van der Waals surface area contributed by atoms with E-state index in [4.69, 9.17) is 22.1 Å². The van der Waals surface area contributed by atoms with Gasteiger partial charge in [-0.1, -0.05) is 35.9 Å². The van der Waals surface area contributed by atoms with Crippen LogP contribution in [-0.2, 0) is 0 Å². The third-order valence-corrected chi connectivity index (χ3v) is 3.35. The molecule has 104 valence electrons. The molecule has 0 unspecified atom stereocenters. The molecule has 2 aromatic rings. The second-order valence-corrected chi connectivity index (χ2v) is 4.81. The van der Waals surface area contributed by atoms with E-state index in [1.165, 1.54) is 0 Å². The molecular weight excluding hydrogens is 270 g/mol. The summed E-state index contributed by atoms with van der Waals surface area (Å²) in [6, 6.07) is 13.7. The highest BCUT2D eigenvalue weighted by molar-refractivity contribution is 6.32. The molecule has 0 amide bonds. The van der Waals surface area contributed by atoms with Crippen molar-refractivity contribution in [2.75, 3.05) is 12.3 Å². The van der Waals surface area contributed by atoms with Crippen molar-refractivity contribution in [2.45, 2.75) is 13.8 Å². The van der Waals surface area contributed by atoms with E-state index < -0.39 is 0 Å². The minimum absolute atomic E-state index is 0.605. The molecule has 2 nitrogen and oxygen atoms in total. The number of rotatable bonds is 4. The van der Waals surface area contributed by atoms with Crippen LogP contribution in [0.1, 0.15) is 25.0 Å². The van der Waals surface area contributed by atoms with Gasteiger partial charge in [0.2, 0.25) is 0 Å². The molecule has 2 aromatic carbocycles. The van der Waals surface area contributed by atoms with E-state index in [2.05, 4.69) is 6.08 Å². The average Bonchev–Trinajstić information content (AvgIpc) is 2.45. The van der Waals surface area contributed by atoms with Gasteiger partial charge in [-0.05, 0) is 54.8 Å². The second kappa shape index (κ2) is 6.49. The summed E-state index contributed by atoms with van der Waals surface area (Å²) in [6.45, 7) is 4.56. The zero-order valence-corrected chi connectivity index (χ0v) is 12.4. The van der Waals surface area contributed by atoms with Crippen LogP contribution in [-0.4, -0.2) is 6.61 Å². The predicted molar refractivity (Wildman–Crippen MR) is 86.2 cm³/mol. The van der Waals surface area contributed by atoms with Gasteiger partial charge in [0.15, 0.2) is 0 Å². The van der Waals surface area contributed by atoms with E-state index in [0.29, 0.717) is 17.4 Å². The zero-order chi connectivity index (χ0) is 14.5. The number of nitrogen functional groups attached to an aromatic ring is 1. The van der Waals surface area contributed by atoms with Gasteiger partial charge in [0, 0.05) is 5.69 Å². The van der Waals surface area contributed by atoms with Crippen LogP contribution in [0.25, 0.3) is 5.57 Å². The number of hydrogen-bond acceptors (Lipinski definition) is 2. The first-order chi connectivity index (χ1) is 9.65. The van der Waals surface area contributed by atoms with Crippen LogP contribution >= 0.6 is 11.6 Å². The molecule has 0 radical (unpaired) electrons. The van der Waals surface area contributed by atoms with Crippen LogP contribution in [0.4, 0.5) is 5.69 Å². The molecule has 0 aliphatic carbocycles. The van der Waals surface area contributed by atoms with Crippen molar-refractivity contribution in [3.05, 3.63) is 64.7 Å². The number of anilines is 1. The van der Waals surface area contributed by atoms with Crippen molar-refractivity contribution < 1.29 is 4.74 Å². The Morgan fingerprint density at radius 1 is 1.15 bits per heavy atom. The van der Waals surface area contributed by atoms with E-state index in [9.17, 15) is 0 Å². The van der Waals surface area contributed by atoms with Crippen molar-refractivity contribution in [3.8, 4) is 5.75 Å². The Bertz CT molecular complexity index is 617. The van der Waals surface area contributed by atoms with Crippen LogP contribution in [0.15, 0.2) is 48.5 Å². The number of benzene rings is 2. The van der Waals surface area contributed by atoms with Gasteiger partial charge in [-0.15, -0.1) is 0 Å². The molecule has 0 atom stereocenters. The van der Waals surface area contributed by atoms with E-state index in [-0.39, 0.29) is 0 Å². The summed E-state index contributed by atoms with van der Waals surface area (Å²) in [6.07, 6.45) is 2.07. The van der Waals surface area contributed by atoms with Crippen molar-refractivity contribution in [1.82, 2.24) is 0 Å². The molecule has 2 N–H and O–H groups in total. The molecule has 0 heterocycles. The minimum atomic E-state index is 0.605. The standard InChI is InChI=1S/C17H18ClNO/c1-3-15(12-5-8-14(19)9-6-12)13-7-10-17(20-4-2)16(18)11-13/h3,5-11H,4,19H2,1-2H3/b15-3-. The van der Waals surface area contributed by atoms with Gasteiger partial charge in [-0.25, -0.2) is 0 Å². The molecule has 20 heavy (non-hydrogen) atoms. The lowest BCUT2D eigenvalue weighted by Crippen LogP contribution is -1.94. The average molecular weight is 288 g/mol. The molecule has 3 heteroatoms. The molecule has 0 aliphatic heterocycles. The number of ether oxygens (including phenoxy) is 1. The molecule has 0 fully saturated rings. The van der Waals surface area contributed by atoms with Crippen molar-refractivity contribution >= 4 is 22.9 Å². The molecule has 0 bridgehead atoms. The zero-order valence-electron chi connectivity index (χ0n) is 11.7. The lowest BCUT2D eigenvalue weighted by Gasteiger charge is -2.11. The van der Waals surface area contributed by atoms with Crippen LogP contribution in [0, 0.1) is 0 Å². The number of hydrogen-bond donors (Lipinski definition) is 1. The molecule has 2 rings (SSSR count). The van der Waals surface area contributed by atoms with Crippen molar-refractivity contribution in [2.24, 2.45) is 0 Å². The van der Waals surface area contributed by atoms with E-state index in [0.717, 1.165) is 22.4 Å². The summed E-state index contributed by atoms with van der Waals surface area (Å²) in [7, 11) is 0.